The third-order valence-electron chi connectivity index (χ3n) is 4.76. The maximum Gasteiger partial charge on any atom is 0.309 e. The number of nitriles is 1. The van der Waals surface area contributed by atoms with Crippen LogP contribution in [0.1, 0.15) is 45.4 Å². The van der Waals surface area contributed by atoms with Crippen LogP contribution < -0.4 is 0 Å². The van der Waals surface area contributed by atoms with Crippen molar-refractivity contribution in [1.29, 1.82) is 5.26 Å². The second kappa shape index (κ2) is 7.71. The zero-order valence-electron chi connectivity index (χ0n) is 12.9. The fourth-order valence-corrected chi connectivity index (χ4v) is 3.46. The maximum absolute atomic E-state index is 13.7. The number of carbonyl (C=O) groups excluding carboxylic acids is 1. The summed E-state index contributed by atoms with van der Waals surface area (Å²) < 4.78 is 32.7. The molecule has 0 saturated heterocycles. The molecule has 0 radical (unpaired) electrons. The summed E-state index contributed by atoms with van der Waals surface area (Å²) in [4.78, 5) is 12.1. The highest BCUT2D eigenvalue weighted by Crippen LogP contribution is 2.34. The van der Waals surface area contributed by atoms with E-state index >= 15 is 0 Å². The van der Waals surface area contributed by atoms with Crippen LogP contribution in [0.25, 0.3) is 0 Å². The molecule has 2 atom stereocenters. The third kappa shape index (κ3) is 4.06. The molecule has 0 N–H and O–H groups in total. The molecule has 5 heteroatoms. The number of carbonyl (C=O) groups is 1. The second-order valence-corrected chi connectivity index (χ2v) is 6.35. The summed E-state index contributed by atoms with van der Waals surface area (Å²) in [5.74, 6) is -1.21. The van der Waals surface area contributed by atoms with Crippen molar-refractivity contribution in [1.82, 2.24) is 0 Å². The van der Waals surface area contributed by atoms with E-state index in [2.05, 4.69) is 6.08 Å². The van der Waals surface area contributed by atoms with Gasteiger partial charge in [0.2, 0.25) is 0 Å². The van der Waals surface area contributed by atoms with Crippen LogP contribution >= 0.6 is 0 Å². The van der Waals surface area contributed by atoms with Crippen LogP contribution in [0.5, 0.6) is 0 Å². The van der Waals surface area contributed by atoms with Crippen molar-refractivity contribution in [2.24, 2.45) is 17.8 Å². The zero-order chi connectivity index (χ0) is 16.1. The van der Waals surface area contributed by atoms with E-state index in [1.54, 1.807) is 6.07 Å². The molecule has 2 aliphatic carbocycles. The lowest BCUT2D eigenvalue weighted by molar-refractivity contribution is -0.159. The van der Waals surface area contributed by atoms with Gasteiger partial charge in [-0.25, -0.2) is 8.78 Å². The van der Waals surface area contributed by atoms with Gasteiger partial charge >= 0.3 is 5.97 Å². The number of allylic oxidation sites excluding steroid dienone is 2. The number of alkyl halides is 2. The SMILES string of the molecule is C/C=C/C1CCC(C(=O)OC2CC(F)C(C#N)C(F)C2)CC1. The third-order valence-corrected chi connectivity index (χ3v) is 4.76. The molecule has 2 aliphatic rings. The largest absolute Gasteiger partial charge is 0.462 e. The highest BCUT2D eigenvalue weighted by atomic mass is 19.1. The lowest BCUT2D eigenvalue weighted by Gasteiger charge is -2.32. The first-order valence-electron chi connectivity index (χ1n) is 8.06. The number of hydrogen-bond donors (Lipinski definition) is 0. The maximum atomic E-state index is 13.7. The van der Waals surface area contributed by atoms with Gasteiger partial charge in [-0.05, 0) is 38.5 Å². The molecular formula is C17H23F2NO2. The summed E-state index contributed by atoms with van der Waals surface area (Å²) in [6.07, 6.45) is 3.61. The standard InChI is InChI=1S/C17H23F2NO2/c1-2-3-11-4-6-12(7-5-11)17(21)22-13-8-15(18)14(10-20)16(19)9-13/h2-3,11-16H,4-9H2,1H3/b3-2+. The molecule has 0 aromatic heterocycles. The highest BCUT2D eigenvalue weighted by molar-refractivity contribution is 5.72. The van der Waals surface area contributed by atoms with Crippen molar-refractivity contribution < 1.29 is 18.3 Å². The number of halogens is 2. The molecule has 122 valence electrons. The first-order valence-corrected chi connectivity index (χ1v) is 8.06. The molecular weight excluding hydrogens is 288 g/mol. The Kier molecular flexibility index (Phi) is 5.93. The van der Waals surface area contributed by atoms with Gasteiger partial charge in [-0.2, -0.15) is 5.26 Å². The van der Waals surface area contributed by atoms with Gasteiger partial charge in [0.1, 0.15) is 24.4 Å². The van der Waals surface area contributed by atoms with Crippen LogP contribution in [0, 0.1) is 29.1 Å². The Hall–Kier alpha value is -1.44. The van der Waals surface area contributed by atoms with Crippen molar-refractivity contribution >= 4 is 5.97 Å². The molecule has 3 nitrogen and oxygen atoms in total. The Morgan fingerprint density at radius 3 is 2.27 bits per heavy atom. The van der Waals surface area contributed by atoms with E-state index in [4.69, 9.17) is 10.00 Å². The summed E-state index contributed by atoms with van der Waals surface area (Å²) in [6.45, 7) is 1.98. The molecule has 2 unspecified atom stereocenters. The first-order chi connectivity index (χ1) is 10.5. The molecule has 0 bridgehead atoms. The average Bonchev–Trinajstić information content (AvgIpc) is 2.48. The second-order valence-electron chi connectivity index (χ2n) is 6.35. The van der Waals surface area contributed by atoms with Crippen LogP contribution in [0.3, 0.4) is 0 Å². The summed E-state index contributed by atoms with van der Waals surface area (Å²) in [7, 11) is 0. The number of rotatable bonds is 3. The van der Waals surface area contributed by atoms with Crippen molar-refractivity contribution in [2.45, 2.75) is 63.9 Å². The quantitative estimate of drug-likeness (QED) is 0.587. The van der Waals surface area contributed by atoms with Gasteiger partial charge in [0.15, 0.2) is 0 Å². The Labute approximate surface area is 130 Å². The molecule has 22 heavy (non-hydrogen) atoms. The van der Waals surface area contributed by atoms with E-state index < -0.39 is 24.4 Å². The van der Waals surface area contributed by atoms with Crippen molar-refractivity contribution in [2.75, 3.05) is 0 Å². The molecule has 0 heterocycles. The number of esters is 1. The minimum atomic E-state index is -1.56. The average molecular weight is 311 g/mol. The number of hydrogen-bond acceptors (Lipinski definition) is 3. The normalized spacial score (nSPS) is 39.4. The smallest absolute Gasteiger partial charge is 0.309 e. The molecule has 2 fully saturated rings. The minimum absolute atomic E-state index is 0.0711. The summed E-state index contributed by atoms with van der Waals surface area (Å²) in [5, 5.41) is 8.73. The van der Waals surface area contributed by atoms with Crippen LogP contribution in [-0.2, 0) is 9.53 Å². The van der Waals surface area contributed by atoms with Crippen molar-refractivity contribution in [3.8, 4) is 6.07 Å². The van der Waals surface area contributed by atoms with Gasteiger partial charge in [0.05, 0.1) is 12.0 Å². The fourth-order valence-electron chi connectivity index (χ4n) is 3.46. The van der Waals surface area contributed by atoms with E-state index in [1.165, 1.54) is 0 Å². The molecule has 2 saturated carbocycles. The van der Waals surface area contributed by atoms with Crippen LogP contribution in [0.15, 0.2) is 12.2 Å². The van der Waals surface area contributed by atoms with E-state index in [-0.39, 0.29) is 24.7 Å². The lowest BCUT2D eigenvalue weighted by Crippen LogP contribution is -2.40. The topological polar surface area (TPSA) is 50.1 Å². The summed E-state index contributed by atoms with van der Waals surface area (Å²) in [5.41, 5.74) is 0. The molecule has 0 aromatic rings. The molecule has 2 rings (SSSR count). The Bertz CT molecular complexity index is 440. The van der Waals surface area contributed by atoms with Gasteiger partial charge < -0.3 is 4.74 Å². The fraction of sp³-hybridized carbons (Fsp3) is 0.765. The van der Waals surface area contributed by atoms with Gasteiger partial charge in [0, 0.05) is 12.8 Å². The van der Waals surface area contributed by atoms with E-state index in [0.29, 0.717) is 5.92 Å². The number of ether oxygens (including phenoxy) is 1. The predicted octanol–water partition coefficient (Wildman–Crippen LogP) is 3.89. The van der Waals surface area contributed by atoms with Gasteiger partial charge in [-0.3, -0.25) is 4.79 Å². The van der Waals surface area contributed by atoms with Crippen molar-refractivity contribution in [3.05, 3.63) is 12.2 Å². The first kappa shape index (κ1) is 16.9. The Morgan fingerprint density at radius 2 is 1.77 bits per heavy atom. The summed E-state index contributed by atoms with van der Waals surface area (Å²) >= 11 is 0. The molecule has 0 aromatic carbocycles. The molecule has 0 amide bonds. The zero-order valence-corrected chi connectivity index (χ0v) is 12.9. The minimum Gasteiger partial charge on any atom is -0.462 e. The van der Waals surface area contributed by atoms with Crippen LogP contribution in [0.2, 0.25) is 0 Å². The molecule has 0 aliphatic heterocycles. The highest BCUT2D eigenvalue weighted by Gasteiger charge is 2.41. The number of nitrogens with zero attached hydrogens (tertiary/aromatic N) is 1. The van der Waals surface area contributed by atoms with Crippen LogP contribution in [-0.4, -0.2) is 24.4 Å². The lowest BCUT2D eigenvalue weighted by atomic mass is 9.81. The van der Waals surface area contributed by atoms with E-state index in [9.17, 15) is 13.6 Å². The van der Waals surface area contributed by atoms with Gasteiger partial charge in [0.25, 0.3) is 0 Å². The van der Waals surface area contributed by atoms with Gasteiger partial charge in [-0.15, -0.1) is 0 Å². The Morgan fingerprint density at radius 1 is 1.18 bits per heavy atom. The van der Waals surface area contributed by atoms with Crippen LogP contribution in [0.4, 0.5) is 8.78 Å². The monoisotopic (exact) mass is 311 g/mol. The summed E-state index contributed by atoms with van der Waals surface area (Å²) in [6, 6.07) is 1.66. The predicted molar refractivity (Wildman–Crippen MR) is 78.3 cm³/mol. The van der Waals surface area contributed by atoms with Gasteiger partial charge in [-0.1, -0.05) is 12.2 Å². The molecule has 0 spiro atoms. The Balaban J connectivity index is 1.82. The van der Waals surface area contributed by atoms with E-state index in [0.717, 1.165) is 25.7 Å². The van der Waals surface area contributed by atoms with E-state index in [1.807, 2.05) is 13.0 Å². The van der Waals surface area contributed by atoms with Crippen molar-refractivity contribution in [3.63, 3.8) is 0 Å².